The highest BCUT2D eigenvalue weighted by Crippen LogP contribution is 2.25. The van der Waals surface area contributed by atoms with Gasteiger partial charge in [0, 0.05) is 18.9 Å². The third-order valence-electron chi connectivity index (χ3n) is 2.64. The summed E-state index contributed by atoms with van der Waals surface area (Å²) in [6.07, 6.45) is 1.08. The molecule has 0 radical (unpaired) electrons. The van der Waals surface area contributed by atoms with Gasteiger partial charge in [0.1, 0.15) is 5.82 Å². The lowest BCUT2D eigenvalue weighted by Crippen LogP contribution is -2.22. The highest BCUT2D eigenvalue weighted by molar-refractivity contribution is 9.08. The summed E-state index contributed by atoms with van der Waals surface area (Å²) in [4.78, 5) is 2.01. The molecule has 0 bridgehead atoms. The highest BCUT2D eigenvalue weighted by Gasteiger charge is 2.12. The van der Waals surface area contributed by atoms with Gasteiger partial charge in [0.2, 0.25) is 0 Å². The molecule has 0 aliphatic heterocycles. The summed E-state index contributed by atoms with van der Waals surface area (Å²) in [5, 5.41) is 0.687. The topological polar surface area (TPSA) is 3.24 Å². The molecule has 1 aromatic carbocycles. The van der Waals surface area contributed by atoms with Gasteiger partial charge < -0.3 is 4.90 Å². The number of alkyl halides is 1. The van der Waals surface area contributed by atoms with Crippen molar-refractivity contribution in [2.45, 2.75) is 25.6 Å². The second kappa shape index (κ2) is 6.24. The van der Waals surface area contributed by atoms with E-state index in [2.05, 4.69) is 29.8 Å². The molecular weight excluding hydrogens is 269 g/mol. The first kappa shape index (κ1) is 13.5. The van der Waals surface area contributed by atoms with E-state index in [1.54, 1.807) is 6.07 Å². The van der Waals surface area contributed by atoms with E-state index in [4.69, 9.17) is 0 Å². The molecule has 1 rings (SSSR count). The number of hydrogen-bond donors (Lipinski definition) is 0. The first-order valence-electron chi connectivity index (χ1n) is 5.60. The van der Waals surface area contributed by atoms with Crippen LogP contribution in [0.3, 0.4) is 0 Å². The summed E-state index contributed by atoms with van der Waals surface area (Å²) in [6, 6.07) is 5.23. The first-order chi connectivity index (χ1) is 7.56. The quantitative estimate of drug-likeness (QED) is 0.734. The van der Waals surface area contributed by atoms with Crippen molar-refractivity contribution in [1.29, 1.82) is 0 Å². The summed E-state index contributed by atoms with van der Waals surface area (Å²) in [7, 11) is 1.95. The molecule has 0 aliphatic carbocycles. The predicted molar refractivity (Wildman–Crippen MR) is 71.8 cm³/mol. The van der Waals surface area contributed by atoms with Crippen LogP contribution >= 0.6 is 15.9 Å². The fourth-order valence-electron chi connectivity index (χ4n) is 1.66. The van der Waals surface area contributed by atoms with Crippen LogP contribution in [0, 0.1) is 11.7 Å². The predicted octanol–water partition coefficient (Wildman–Crippen LogP) is 4.20. The summed E-state index contributed by atoms with van der Waals surface area (Å²) >= 11 is 3.40. The van der Waals surface area contributed by atoms with Gasteiger partial charge in [-0.15, -0.1) is 0 Å². The van der Waals surface area contributed by atoms with Crippen LogP contribution in [0.1, 0.15) is 25.8 Å². The second-order valence-corrected chi connectivity index (χ2v) is 5.05. The molecule has 0 fully saturated rings. The molecular formula is C13H19BrFN. The van der Waals surface area contributed by atoms with Crippen molar-refractivity contribution in [2.24, 2.45) is 5.92 Å². The van der Waals surface area contributed by atoms with E-state index in [1.165, 1.54) is 6.07 Å². The van der Waals surface area contributed by atoms with Gasteiger partial charge in [-0.3, -0.25) is 0 Å². The SMILES string of the molecule is CC(C)CCN(C)c1c(F)cccc1CBr. The third kappa shape index (κ3) is 3.48. The maximum absolute atomic E-state index is 13.7. The van der Waals surface area contributed by atoms with Crippen LogP contribution in [-0.4, -0.2) is 13.6 Å². The van der Waals surface area contributed by atoms with E-state index in [0.717, 1.165) is 24.2 Å². The number of benzene rings is 1. The molecule has 90 valence electrons. The van der Waals surface area contributed by atoms with Crippen molar-refractivity contribution in [3.05, 3.63) is 29.6 Å². The average Bonchev–Trinajstić information content (AvgIpc) is 2.25. The number of anilines is 1. The third-order valence-corrected chi connectivity index (χ3v) is 3.24. The van der Waals surface area contributed by atoms with Crippen molar-refractivity contribution < 1.29 is 4.39 Å². The Morgan fingerprint density at radius 2 is 2.06 bits per heavy atom. The largest absolute Gasteiger partial charge is 0.372 e. The fourth-order valence-corrected chi connectivity index (χ4v) is 2.11. The summed E-state index contributed by atoms with van der Waals surface area (Å²) in [5.41, 5.74) is 1.73. The molecule has 0 saturated carbocycles. The lowest BCUT2D eigenvalue weighted by molar-refractivity contribution is 0.574. The highest BCUT2D eigenvalue weighted by atomic mass is 79.9. The Balaban J connectivity index is 2.84. The molecule has 1 aromatic rings. The van der Waals surface area contributed by atoms with Gasteiger partial charge in [0.15, 0.2) is 0 Å². The minimum absolute atomic E-state index is 0.136. The van der Waals surface area contributed by atoms with Crippen LogP contribution in [0.25, 0.3) is 0 Å². The minimum Gasteiger partial charge on any atom is -0.372 e. The van der Waals surface area contributed by atoms with Crippen LogP contribution < -0.4 is 4.90 Å². The summed E-state index contributed by atoms with van der Waals surface area (Å²) in [6.45, 7) is 5.25. The molecule has 0 unspecified atom stereocenters. The van der Waals surface area contributed by atoms with E-state index in [1.807, 2.05) is 18.0 Å². The molecule has 0 aromatic heterocycles. The summed E-state index contributed by atoms with van der Waals surface area (Å²) < 4.78 is 13.7. The molecule has 0 aliphatic rings. The zero-order chi connectivity index (χ0) is 12.1. The zero-order valence-electron chi connectivity index (χ0n) is 10.1. The Labute approximate surface area is 106 Å². The number of rotatable bonds is 5. The number of hydrogen-bond acceptors (Lipinski definition) is 1. The van der Waals surface area contributed by atoms with Crippen LogP contribution in [0.15, 0.2) is 18.2 Å². The molecule has 0 spiro atoms. The van der Waals surface area contributed by atoms with Gasteiger partial charge in [0.25, 0.3) is 0 Å². The molecule has 3 heteroatoms. The monoisotopic (exact) mass is 287 g/mol. The standard InChI is InChI=1S/C13H19BrFN/c1-10(2)7-8-16(3)13-11(9-14)5-4-6-12(13)15/h4-6,10H,7-9H2,1-3H3. The van der Waals surface area contributed by atoms with Gasteiger partial charge in [-0.25, -0.2) is 4.39 Å². The maximum Gasteiger partial charge on any atom is 0.146 e. The Kier molecular flexibility index (Phi) is 5.26. The molecule has 0 amide bonds. The van der Waals surface area contributed by atoms with Crippen LogP contribution in [0.4, 0.5) is 10.1 Å². The van der Waals surface area contributed by atoms with E-state index < -0.39 is 0 Å². The molecule has 0 saturated heterocycles. The van der Waals surface area contributed by atoms with Crippen LogP contribution in [0.2, 0.25) is 0 Å². The smallest absolute Gasteiger partial charge is 0.146 e. The second-order valence-electron chi connectivity index (χ2n) is 4.49. The normalized spacial score (nSPS) is 10.9. The van der Waals surface area contributed by atoms with Gasteiger partial charge >= 0.3 is 0 Å². The number of nitrogens with zero attached hydrogens (tertiary/aromatic N) is 1. The maximum atomic E-state index is 13.7. The van der Waals surface area contributed by atoms with Crippen molar-refractivity contribution in [1.82, 2.24) is 0 Å². The first-order valence-corrected chi connectivity index (χ1v) is 6.73. The fraction of sp³-hybridized carbons (Fsp3) is 0.538. The molecule has 0 N–H and O–H groups in total. The molecule has 16 heavy (non-hydrogen) atoms. The van der Waals surface area contributed by atoms with Crippen molar-refractivity contribution in [2.75, 3.05) is 18.5 Å². The van der Waals surface area contributed by atoms with Crippen LogP contribution in [-0.2, 0) is 5.33 Å². The van der Waals surface area contributed by atoms with Gasteiger partial charge in [0.05, 0.1) is 5.69 Å². The average molecular weight is 288 g/mol. The van der Waals surface area contributed by atoms with Crippen molar-refractivity contribution in [3.63, 3.8) is 0 Å². The minimum atomic E-state index is -0.136. The number of para-hydroxylation sites is 1. The van der Waals surface area contributed by atoms with Crippen LogP contribution in [0.5, 0.6) is 0 Å². The van der Waals surface area contributed by atoms with Crippen molar-refractivity contribution >= 4 is 21.6 Å². The van der Waals surface area contributed by atoms with E-state index in [9.17, 15) is 4.39 Å². The van der Waals surface area contributed by atoms with Crippen molar-refractivity contribution in [3.8, 4) is 0 Å². The molecule has 0 heterocycles. The lowest BCUT2D eigenvalue weighted by atomic mass is 10.1. The number of halogens is 2. The Bertz CT molecular complexity index is 339. The van der Waals surface area contributed by atoms with Gasteiger partial charge in [-0.1, -0.05) is 41.9 Å². The van der Waals surface area contributed by atoms with Gasteiger partial charge in [-0.05, 0) is 24.0 Å². The lowest BCUT2D eigenvalue weighted by Gasteiger charge is -2.23. The van der Waals surface area contributed by atoms with E-state index in [-0.39, 0.29) is 5.82 Å². The van der Waals surface area contributed by atoms with Gasteiger partial charge in [-0.2, -0.15) is 0 Å². The Hall–Kier alpha value is -0.570. The summed E-state index contributed by atoms with van der Waals surface area (Å²) in [5.74, 6) is 0.504. The molecule has 1 nitrogen and oxygen atoms in total. The Morgan fingerprint density at radius 1 is 1.38 bits per heavy atom. The molecule has 0 atom stereocenters. The Morgan fingerprint density at radius 3 is 2.62 bits per heavy atom. The van der Waals surface area contributed by atoms with E-state index in [0.29, 0.717) is 11.2 Å². The zero-order valence-corrected chi connectivity index (χ0v) is 11.7. The van der Waals surface area contributed by atoms with E-state index >= 15 is 0 Å².